The first kappa shape index (κ1) is 32.6. The van der Waals surface area contributed by atoms with Gasteiger partial charge in [0.1, 0.15) is 17.9 Å². The summed E-state index contributed by atoms with van der Waals surface area (Å²) >= 11 is 0. The zero-order chi connectivity index (χ0) is 31.2. The lowest BCUT2D eigenvalue weighted by Gasteiger charge is -2.49. The van der Waals surface area contributed by atoms with Crippen LogP contribution in [0.3, 0.4) is 0 Å². The van der Waals surface area contributed by atoms with Gasteiger partial charge in [0, 0.05) is 23.9 Å². The number of hydroxylamine groups is 2. The molecule has 2 aromatic carbocycles. The molecule has 2 N–H and O–H groups in total. The second-order valence-electron chi connectivity index (χ2n) is 11.5. The minimum atomic E-state index is -0.902. The molecule has 1 atom stereocenters. The van der Waals surface area contributed by atoms with Crippen molar-refractivity contribution in [2.45, 2.75) is 70.7 Å². The fourth-order valence-electron chi connectivity index (χ4n) is 5.24. The standard InChI is InChI=1S/C31H42N3O8/c1-19(32-29(36)42-22-17-30(2,3)34(37)31(4,5)18-22)28(35)33-23-14-20(12-13-24(23)38-6)10-11-21-15-25(39-7)27(41-9)26(16-21)40-8/h10-16,19,22H,17-18H2,1-9H3,(H,32,36)(H,33,35)/b11-10-/t19-/m0/s1. The highest BCUT2D eigenvalue weighted by Crippen LogP contribution is 2.39. The number of carbonyl (C=O) groups is 2. The van der Waals surface area contributed by atoms with Crippen LogP contribution in [-0.4, -0.2) is 68.7 Å². The molecule has 0 unspecified atom stereocenters. The van der Waals surface area contributed by atoms with Gasteiger partial charge in [-0.1, -0.05) is 18.2 Å². The minimum Gasteiger partial charge on any atom is -0.495 e. The van der Waals surface area contributed by atoms with Crippen LogP contribution in [0.25, 0.3) is 12.2 Å². The second-order valence-corrected chi connectivity index (χ2v) is 11.5. The number of rotatable bonds is 10. The molecule has 1 radical (unpaired) electrons. The first-order valence-electron chi connectivity index (χ1n) is 13.7. The minimum absolute atomic E-state index is 0.390. The lowest BCUT2D eigenvalue weighted by Crippen LogP contribution is -2.60. The molecule has 11 nitrogen and oxygen atoms in total. The van der Waals surface area contributed by atoms with E-state index >= 15 is 0 Å². The van der Waals surface area contributed by atoms with Crippen LogP contribution in [0.15, 0.2) is 30.3 Å². The van der Waals surface area contributed by atoms with E-state index in [-0.39, 0.29) is 0 Å². The van der Waals surface area contributed by atoms with Gasteiger partial charge in [0.05, 0.1) is 34.1 Å². The van der Waals surface area contributed by atoms with Crippen LogP contribution in [0, 0.1) is 0 Å². The Balaban J connectivity index is 1.68. The van der Waals surface area contributed by atoms with Crippen LogP contribution in [-0.2, 0) is 14.7 Å². The number of amides is 2. The highest BCUT2D eigenvalue weighted by molar-refractivity contribution is 5.97. The number of ether oxygens (including phenoxy) is 5. The monoisotopic (exact) mass is 584 g/mol. The predicted octanol–water partition coefficient (Wildman–Crippen LogP) is 5.31. The zero-order valence-corrected chi connectivity index (χ0v) is 25.8. The predicted molar refractivity (Wildman–Crippen MR) is 159 cm³/mol. The number of nitrogens with one attached hydrogen (secondary N) is 2. The largest absolute Gasteiger partial charge is 0.495 e. The molecule has 229 valence electrons. The fraction of sp³-hybridized carbons (Fsp3) is 0.484. The Kier molecular flexibility index (Phi) is 10.3. The number of benzene rings is 2. The van der Waals surface area contributed by atoms with Gasteiger partial charge in [0.15, 0.2) is 11.5 Å². The highest BCUT2D eigenvalue weighted by atomic mass is 16.6. The molecule has 3 rings (SSSR count). The Morgan fingerprint density at radius 1 is 0.857 bits per heavy atom. The number of hydrogen-bond donors (Lipinski definition) is 2. The van der Waals surface area contributed by atoms with Crippen LogP contribution in [0.4, 0.5) is 10.5 Å². The average molecular weight is 585 g/mol. The third kappa shape index (κ3) is 7.65. The van der Waals surface area contributed by atoms with Crippen molar-refractivity contribution in [3.63, 3.8) is 0 Å². The SMILES string of the molecule is COc1ccc(/C=C\c2cc(OC)c(OC)c(OC)c2)cc1NC(=O)[C@H](C)NC(=O)OC1CC(C)(C)N([O])C(C)(C)C1. The van der Waals surface area contributed by atoms with Crippen LogP contribution >= 0.6 is 0 Å². The summed E-state index contributed by atoms with van der Waals surface area (Å²) in [5.41, 5.74) is 0.668. The van der Waals surface area contributed by atoms with E-state index in [2.05, 4.69) is 10.6 Å². The molecule has 0 bridgehead atoms. The van der Waals surface area contributed by atoms with Crippen molar-refractivity contribution in [1.82, 2.24) is 10.4 Å². The molecule has 0 aliphatic carbocycles. The summed E-state index contributed by atoms with van der Waals surface area (Å²) in [6, 6.07) is 8.09. The van der Waals surface area contributed by atoms with Gasteiger partial charge in [-0.05, 0) is 70.0 Å². The Hall–Kier alpha value is -3.96. The van der Waals surface area contributed by atoms with Gasteiger partial charge in [0.2, 0.25) is 11.7 Å². The third-order valence-electron chi connectivity index (χ3n) is 7.19. The molecule has 0 aromatic heterocycles. The van der Waals surface area contributed by atoms with Crippen molar-refractivity contribution in [2.24, 2.45) is 0 Å². The van der Waals surface area contributed by atoms with Crippen LogP contribution in [0.2, 0.25) is 0 Å². The highest BCUT2D eigenvalue weighted by Gasteiger charge is 2.47. The topological polar surface area (TPSA) is 127 Å². The maximum atomic E-state index is 13.0. The molecule has 42 heavy (non-hydrogen) atoms. The van der Waals surface area contributed by atoms with E-state index in [0.29, 0.717) is 41.5 Å². The Morgan fingerprint density at radius 3 is 1.93 bits per heavy atom. The summed E-state index contributed by atoms with van der Waals surface area (Å²) in [5.74, 6) is 1.56. The van der Waals surface area contributed by atoms with Gasteiger partial charge in [-0.2, -0.15) is 0 Å². The van der Waals surface area contributed by atoms with Gasteiger partial charge in [-0.3, -0.25) is 4.79 Å². The maximum Gasteiger partial charge on any atom is 0.408 e. The van der Waals surface area contributed by atoms with Crippen LogP contribution < -0.4 is 29.6 Å². The maximum absolute atomic E-state index is 13.0. The summed E-state index contributed by atoms with van der Waals surface area (Å²) in [7, 11) is 6.16. The van der Waals surface area contributed by atoms with Gasteiger partial charge in [-0.25, -0.2) is 4.79 Å². The van der Waals surface area contributed by atoms with Crippen molar-refractivity contribution in [3.8, 4) is 23.0 Å². The van der Waals surface area contributed by atoms with E-state index in [9.17, 15) is 14.8 Å². The van der Waals surface area contributed by atoms with Gasteiger partial charge in [0.25, 0.3) is 0 Å². The number of piperidine rings is 1. The number of methoxy groups -OCH3 is 4. The summed E-state index contributed by atoms with van der Waals surface area (Å²) in [4.78, 5) is 25.7. The molecule has 1 fully saturated rings. The van der Waals surface area contributed by atoms with Crippen molar-refractivity contribution in [2.75, 3.05) is 33.8 Å². The number of hydrogen-bond acceptors (Lipinski definition) is 8. The smallest absolute Gasteiger partial charge is 0.408 e. The quantitative estimate of drug-likeness (QED) is 0.360. The van der Waals surface area contributed by atoms with Crippen molar-refractivity contribution >= 4 is 29.8 Å². The Morgan fingerprint density at radius 2 is 1.40 bits per heavy atom. The summed E-state index contributed by atoms with van der Waals surface area (Å²) in [5, 5.41) is 19.1. The summed E-state index contributed by atoms with van der Waals surface area (Å²) < 4.78 is 27.3. The molecule has 1 aliphatic rings. The number of carbonyl (C=O) groups excluding carboxylic acids is 2. The molecular weight excluding hydrogens is 542 g/mol. The van der Waals surface area contributed by atoms with E-state index in [0.717, 1.165) is 16.2 Å². The Bertz CT molecular complexity index is 1260. The van der Waals surface area contributed by atoms with E-state index in [1.165, 1.54) is 7.11 Å². The lowest BCUT2D eigenvalue weighted by atomic mass is 9.80. The van der Waals surface area contributed by atoms with Crippen molar-refractivity contribution in [1.29, 1.82) is 0 Å². The first-order valence-corrected chi connectivity index (χ1v) is 13.7. The first-order chi connectivity index (χ1) is 19.7. The molecule has 0 spiro atoms. The fourth-order valence-corrected chi connectivity index (χ4v) is 5.24. The van der Waals surface area contributed by atoms with E-state index < -0.39 is 35.2 Å². The zero-order valence-electron chi connectivity index (χ0n) is 25.8. The average Bonchev–Trinajstić information content (AvgIpc) is 2.93. The lowest BCUT2D eigenvalue weighted by molar-refractivity contribution is -0.298. The van der Waals surface area contributed by atoms with Gasteiger partial charge >= 0.3 is 6.09 Å². The molecule has 0 saturated carbocycles. The van der Waals surface area contributed by atoms with Crippen molar-refractivity contribution in [3.05, 3.63) is 41.5 Å². The normalized spacial score (nSPS) is 17.3. The number of anilines is 1. The summed E-state index contributed by atoms with van der Waals surface area (Å²) in [6.07, 6.45) is 3.35. The second kappa shape index (κ2) is 13.3. The van der Waals surface area contributed by atoms with Gasteiger partial charge in [-0.15, -0.1) is 10.3 Å². The molecule has 11 heteroatoms. The number of nitrogens with zero attached hydrogens (tertiary/aromatic N) is 1. The summed E-state index contributed by atoms with van der Waals surface area (Å²) in [6.45, 7) is 8.87. The van der Waals surface area contributed by atoms with Gasteiger partial charge < -0.3 is 34.3 Å². The Labute approximate surface area is 247 Å². The van der Waals surface area contributed by atoms with E-state index in [4.69, 9.17) is 23.7 Å². The molecule has 2 aromatic rings. The third-order valence-corrected chi connectivity index (χ3v) is 7.19. The van der Waals surface area contributed by atoms with Crippen LogP contribution in [0.1, 0.15) is 58.6 Å². The molecular formula is C31H42N3O8. The van der Waals surface area contributed by atoms with Crippen LogP contribution in [0.5, 0.6) is 23.0 Å². The molecule has 1 saturated heterocycles. The molecule has 2 amide bonds. The number of alkyl carbamates (subject to hydrolysis) is 1. The van der Waals surface area contributed by atoms with E-state index in [1.54, 1.807) is 40.4 Å². The molecule has 1 aliphatic heterocycles. The molecule has 1 heterocycles. The van der Waals surface area contributed by atoms with E-state index in [1.807, 2.05) is 58.0 Å². The van der Waals surface area contributed by atoms with Crippen molar-refractivity contribution < 1.29 is 38.5 Å².